The lowest BCUT2D eigenvalue weighted by molar-refractivity contribution is 0.577. The highest BCUT2D eigenvalue weighted by molar-refractivity contribution is 6.30. The van der Waals surface area contributed by atoms with Crippen LogP contribution >= 0.6 is 23.2 Å². The van der Waals surface area contributed by atoms with Crippen LogP contribution in [0.3, 0.4) is 0 Å². The van der Waals surface area contributed by atoms with Gasteiger partial charge in [0.1, 0.15) is 5.82 Å². The van der Waals surface area contributed by atoms with Crippen molar-refractivity contribution >= 4 is 23.2 Å². The zero-order valence-electron chi connectivity index (χ0n) is 7.36. The van der Waals surface area contributed by atoms with Crippen LogP contribution < -0.4 is 0 Å². The second-order valence-electron chi connectivity index (χ2n) is 3.18. The molecule has 0 amide bonds. The van der Waals surface area contributed by atoms with E-state index in [1.807, 2.05) is 6.92 Å². The molecule has 1 unspecified atom stereocenters. The first-order valence-electron chi connectivity index (χ1n) is 4.14. The van der Waals surface area contributed by atoms with Crippen molar-refractivity contribution in [3.8, 4) is 0 Å². The molecule has 1 aromatic rings. The predicted octanol–water partition coefficient (Wildman–Crippen LogP) is 3.90. The number of hydrogen-bond acceptors (Lipinski definition) is 0. The minimum absolute atomic E-state index is 0.180. The lowest BCUT2D eigenvalue weighted by atomic mass is 10.0. The van der Waals surface area contributed by atoms with Crippen LogP contribution in [0, 0.1) is 11.7 Å². The summed E-state index contributed by atoms with van der Waals surface area (Å²) >= 11 is 11.3. The van der Waals surface area contributed by atoms with Gasteiger partial charge in [-0.25, -0.2) is 4.39 Å². The molecule has 1 atom stereocenters. The van der Waals surface area contributed by atoms with Crippen molar-refractivity contribution in [3.05, 3.63) is 34.6 Å². The lowest BCUT2D eigenvalue weighted by Crippen LogP contribution is -2.03. The van der Waals surface area contributed by atoms with Gasteiger partial charge in [-0.15, -0.1) is 11.6 Å². The third-order valence-electron chi connectivity index (χ3n) is 1.86. The number of hydrogen-bond donors (Lipinski definition) is 0. The fourth-order valence-corrected chi connectivity index (χ4v) is 1.44. The van der Waals surface area contributed by atoms with Gasteiger partial charge in [0.15, 0.2) is 0 Å². The Hall–Kier alpha value is -0.270. The van der Waals surface area contributed by atoms with Crippen molar-refractivity contribution in [2.24, 2.45) is 5.92 Å². The van der Waals surface area contributed by atoms with Crippen LogP contribution in [0.5, 0.6) is 0 Å². The molecule has 0 fully saturated rings. The van der Waals surface area contributed by atoms with Crippen molar-refractivity contribution < 1.29 is 4.39 Å². The molecule has 13 heavy (non-hydrogen) atoms. The molecule has 72 valence electrons. The standard InChI is InChI=1S/C10H11Cl2F/c1-7(6-11)5-8-3-2-4-9(12)10(8)13/h2-4,7H,5-6H2,1H3. The van der Waals surface area contributed by atoms with Gasteiger partial charge in [0.05, 0.1) is 5.02 Å². The summed E-state index contributed by atoms with van der Waals surface area (Å²) in [5.41, 5.74) is 0.639. The first-order valence-corrected chi connectivity index (χ1v) is 5.05. The molecule has 0 nitrogen and oxygen atoms in total. The molecule has 0 aliphatic heterocycles. The fraction of sp³-hybridized carbons (Fsp3) is 0.400. The SMILES string of the molecule is CC(CCl)Cc1cccc(Cl)c1F. The van der Waals surface area contributed by atoms with Gasteiger partial charge in [-0.2, -0.15) is 0 Å². The van der Waals surface area contributed by atoms with Crippen LogP contribution in [-0.4, -0.2) is 5.88 Å². The van der Waals surface area contributed by atoms with E-state index >= 15 is 0 Å². The van der Waals surface area contributed by atoms with Crippen molar-refractivity contribution in [2.75, 3.05) is 5.88 Å². The summed E-state index contributed by atoms with van der Waals surface area (Å²) in [7, 11) is 0. The maximum absolute atomic E-state index is 13.3. The molecule has 1 rings (SSSR count). The Bertz CT molecular complexity index is 286. The number of halogens is 3. The highest BCUT2D eigenvalue weighted by Gasteiger charge is 2.09. The Morgan fingerprint density at radius 2 is 2.15 bits per heavy atom. The summed E-state index contributed by atoms with van der Waals surface area (Å²) in [6.45, 7) is 1.98. The molecule has 1 aromatic carbocycles. The van der Waals surface area contributed by atoms with E-state index in [0.29, 0.717) is 17.9 Å². The zero-order valence-corrected chi connectivity index (χ0v) is 8.87. The highest BCUT2D eigenvalue weighted by atomic mass is 35.5. The summed E-state index contributed by atoms with van der Waals surface area (Å²) in [5.74, 6) is 0.488. The first-order chi connectivity index (χ1) is 6.15. The fourth-order valence-electron chi connectivity index (χ4n) is 1.14. The van der Waals surface area contributed by atoms with E-state index in [-0.39, 0.29) is 16.8 Å². The van der Waals surface area contributed by atoms with Gasteiger partial charge in [0.2, 0.25) is 0 Å². The van der Waals surface area contributed by atoms with E-state index < -0.39 is 0 Å². The van der Waals surface area contributed by atoms with Gasteiger partial charge in [-0.3, -0.25) is 0 Å². The van der Waals surface area contributed by atoms with Gasteiger partial charge in [-0.1, -0.05) is 30.7 Å². The second kappa shape index (κ2) is 4.83. The van der Waals surface area contributed by atoms with E-state index in [4.69, 9.17) is 23.2 Å². The summed E-state index contributed by atoms with van der Waals surface area (Å²) in [5, 5.41) is 0.180. The third-order valence-corrected chi connectivity index (χ3v) is 2.68. The third kappa shape index (κ3) is 2.85. The number of benzene rings is 1. The molecule has 0 spiro atoms. The molecule has 0 bridgehead atoms. The van der Waals surface area contributed by atoms with Gasteiger partial charge >= 0.3 is 0 Å². The Balaban J connectivity index is 2.83. The smallest absolute Gasteiger partial charge is 0.144 e. The summed E-state index contributed by atoms with van der Waals surface area (Å²) < 4.78 is 13.3. The van der Waals surface area contributed by atoms with Crippen molar-refractivity contribution in [1.82, 2.24) is 0 Å². The van der Waals surface area contributed by atoms with Crippen LogP contribution in [0.25, 0.3) is 0 Å². The molecule has 0 saturated heterocycles. The average molecular weight is 221 g/mol. The number of rotatable bonds is 3. The summed E-state index contributed by atoms with van der Waals surface area (Å²) in [6.07, 6.45) is 0.635. The molecule has 0 radical (unpaired) electrons. The van der Waals surface area contributed by atoms with Gasteiger partial charge in [0.25, 0.3) is 0 Å². The van der Waals surface area contributed by atoms with E-state index in [2.05, 4.69) is 0 Å². The molecule has 0 N–H and O–H groups in total. The topological polar surface area (TPSA) is 0 Å². The molecule has 0 aromatic heterocycles. The van der Waals surface area contributed by atoms with E-state index in [9.17, 15) is 4.39 Å². The quantitative estimate of drug-likeness (QED) is 0.679. The van der Waals surface area contributed by atoms with Gasteiger partial charge < -0.3 is 0 Å². The lowest BCUT2D eigenvalue weighted by Gasteiger charge is -2.08. The van der Waals surface area contributed by atoms with Gasteiger partial charge in [0, 0.05) is 5.88 Å². The van der Waals surface area contributed by atoms with E-state index in [0.717, 1.165) is 0 Å². The number of alkyl halides is 1. The minimum Gasteiger partial charge on any atom is -0.205 e. The van der Waals surface area contributed by atoms with E-state index in [1.165, 1.54) is 0 Å². The van der Waals surface area contributed by atoms with E-state index in [1.54, 1.807) is 18.2 Å². The van der Waals surface area contributed by atoms with Crippen LogP contribution in [0.1, 0.15) is 12.5 Å². The summed E-state index contributed by atoms with van der Waals surface area (Å²) in [6, 6.07) is 5.04. The van der Waals surface area contributed by atoms with Crippen molar-refractivity contribution in [2.45, 2.75) is 13.3 Å². The second-order valence-corrected chi connectivity index (χ2v) is 3.89. The molecule has 0 heterocycles. The van der Waals surface area contributed by atoms with Crippen LogP contribution in [0.4, 0.5) is 4.39 Å². The van der Waals surface area contributed by atoms with Crippen LogP contribution in [0.2, 0.25) is 5.02 Å². The maximum Gasteiger partial charge on any atom is 0.144 e. The van der Waals surface area contributed by atoms with Gasteiger partial charge in [-0.05, 0) is 24.0 Å². The van der Waals surface area contributed by atoms with Crippen molar-refractivity contribution in [1.29, 1.82) is 0 Å². The Kier molecular flexibility index (Phi) is 4.01. The van der Waals surface area contributed by atoms with Crippen LogP contribution in [0.15, 0.2) is 18.2 Å². The molecule has 0 aliphatic rings. The molecule has 3 heteroatoms. The average Bonchev–Trinajstić information content (AvgIpc) is 2.13. The van der Waals surface area contributed by atoms with Crippen LogP contribution in [-0.2, 0) is 6.42 Å². The molecule has 0 saturated carbocycles. The normalized spacial score (nSPS) is 12.9. The Labute approximate surface area is 87.7 Å². The molecular weight excluding hydrogens is 210 g/mol. The molecule has 0 aliphatic carbocycles. The Morgan fingerprint density at radius 3 is 2.77 bits per heavy atom. The largest absolute Gasteiger partial charge is 0.205 e. The summed E-state index contributed by atoms with van der Waals surface area (Å²) in [4.78, 5) is 0. The highest BCUT2D eigenvalue weighted by Crippen LogP contribution is 2.20. The molecular formula is C10H11Cl2F. The zero-order chi connectivity index (χ0) is 9.84. The minimum atomic E-state index is -0.318. The maximum atomic E-state index is 13.3. The predicted molar refractivity (Wildman–Crippen MR) is 55.0 cm³/mol. The Morgan fingerprint density at radius 1 is 1.46 bits per heavy atom. The first kappa shape index (κ1) is 10.8. The monoisotopic (exact) mass is 220 g/mol. The van der Waals surface area contributed by atoms with Crippen molar-refractivity contribution in [3.63, 3.8) is 0 Å².